The zero-order chi connectivity index (χ0) is 11.5. The quantitative estimate of drug-likeness (QED) is 0.823. The lowest BCUT2D eigenvalue weighted by molar-refractivity contribution is 0.225. The highest BCUT2D eigenvalue weighted by molar-refractivity contribution is 7.99. The first kappa shape index (κ1) is 11.2. The lowest BCUT2D eigenvalue weighted by atomic mass is 10.3. The van der Waals surface area contributed by atoms with Gasteiger partial charge in [0.1, 0.15) is 11.6 Å². The van der Waals surface area contributed by atoms with Crippen LogP contribution >= 0.6 is 11.8 Å². The van der Waals surface area contributed by atoms with Crippen molar-refractivity contribution >= 4 is 23.5 Å². The average Bonchev–Trinajstić information content (AvgIpc) is 2.75. The number of benzene rings is 1. The van der Waals surface area contributed by atoms with Gasteiger partial charge in [0.15, 0.2) is 0 Å². The molecule has 0 radical (unpaired) electrons. The largest absolute Gasteiger partial charge is 0.322 e. The van der Waals surface area contributed by atoms with Crippen LogP contribution in [0.1, 0.15) is 0 Å². The number of anilines is 1. The first-order chi connectivity index (χ1) is 7.66. The van der Waals surface area contributed by atoms with Gasteiger partial charge in [-0.1, -0.05) is 0 Å². The summed E-state index contributed by atoms with van der Waals surface area (Å²) in [6.45, 7) is 0.652. The van der Waals surface area contributed by atoms with E-state index in [1.165, 1.54) is 6.07 Å². The molecule has 0 unspecified atom stereocenters. The van der Waals surface area contributed by atoms with Crippen LogP contribution in [0.5, 0.6) is 0 Å². The summed E-state index contributed by atoms with van der Waals surface area (Å²) in [5, 5.41) is 2.41. The maximum atomic E-state index is 13.2. The molecule has 0 saturated carbocycles. The Balaban J connectivity index is 2.05. The summed E-state index contributed by atoms with van der Waals surface area (Å²) in [7, 11) is 0. The molecule has 0 bridgehead atoms. The Hall–Kier alpha value is -1.30. The van der Waals surface area contributed by atoms with E-state index >= 15 is 0 Å². The van der Waals surface area contributed by atoms with Gasteiger partial charge in [-0.25, -0.2) is 13.6 Å². The fourth-order valence-corrected chi connectivity index (χ4v) is 2.30. The molecule has 6 heteroatoms. The van der Waals surface area contributed by atoms with Gasteiger partial charge < -0.3 is 10.2 Å². The summed E-state index contributed by atoms with van der Waals surface area (Å²) < 4.78 is 25.8. The zero-order valence-corrected chi connectivity index (χ0v) is 9.19. The topological polar surface area (TPSA) is 32.3 Å². The lowest BCUT2D eigenvalue weighted by Gasteiger charge is -2.15. The molecule has 1 aromatic carbocycles. The predicted molar refractivity (Wildman–Crippen MR) is 59.4 cm³/mol. The Morgan fingerprint density at radius 2 is 2.25 bits per heavy atom. The number of nitrogens with zero attached hydrogens (tertiary/aromatic N) is 1. The van der Waals surface area contributed by atoms with Crippen molar-refractivity contribution in [3.05, 3.63) is 29.8 Å². The Morgan fingerprint density at radius 1 is 1.44 bits per heavy atom. The van der Waals surface area contributed by atoms with Crippen molar-refractivity contribution in [1.82, 2.24) is 4.90 Å². The van der Waals surface area contributed by atoms with Crippen LogP contribution in [0.15, 0.2) is 18.2 Å². The first-order valence-corrected chi connectivity index (χ1v) is 5.91. The van der Waals surface area contributed by atoms with Crippen LogP contribution in [-0.4, -0.2) is 29.1 Å². The van der Waals surface area contributed by atoms with E-state index in [9.17, 15) is 13.6 Å². The van der Waals surface area contributed by atoms with Crippen molar-refractivity contribution in [2.75, 3.05) is 23.5 Å². The Kier molecular flexibility index (Phi) is 3.28. The molecule has 86 valence electrons. The smallest absolute Gasteiger partial charge is 0.314 e. The molecule has 0 aromatic heterocycles. The van der Waals surface area contributed by atoms with Crippen molar-refractivity contribution in [3.63, 3.8) is 0 Å². The van der Waals surface area contributed by atoms with E-state index < -0.39 is 11.6 Å². The molecule has 1 N–H and O–H groups in total. The van der Waals surface area contributed by atoms with Gasteiger partial charge in [0.2, 0.25) is 0 Å². The van der Waals surface area contributed by atoms with E-state index in [0.29, 0.717) is 12.4 Å². The van der Waals surface area contributed by atoms with E-state index in [-0.39, 0.29) is 11.7 Å². The standard InChI is InChI=1S/C10H10F2N2OS/c11-7-1-2-9(8(12)5-7)13-10(15)14-3-4-16-6-14/h1-2,5H,3-4,6H2,(H,13,15). The molecule has 16 heavy (non-hydrogen) atoms. The number of hydrogen-bond acceptors (Lipinski definition) is 2. The zero-order valence-electron chi connectivity index (χ0n) is 8.37. The van der Waals surface area contributed by atoms with E-state index in [1.54, 1.807) is 16.7 Å². The van der Waals surface area contributed by atoms with Gasteiger partial charge in [-0.3, -0.25) is 0 Å². The van der Waals surface area contributed by atoms with E-state index in [2.05, 4.69) is 5.32 Å². The maximum Gasteiger partial charge on any atom is 0.322 e. The summed E-state index contributed by atoms with van der Waals surface area (Å²) in [5.74, 6) is 0.0703. The van der Waals surface area contributed by atoms with Crippen LogP contribution < -0.4 is 5.32 Å². The number of halogens is 2. The van der Waals surface area contributed by atoms with Crippen LogP contribution in [0.3, 0.4) is 0 Å². The first-order valence-electron chi connectivity index (χ1n) is 4.75. The molecule has 2 amide bonds. The number of nitrogens with one attached hydrogen (secondary N) is 1. The SMILES string of the molecule is O=C(Nc1ccc(F)cc1F)N1CCSC1. The molecule has 0 aliphatic carbocycles. The van der Waals surface area contributed by atoms with Crippen molar-refractivity contribution < 1.29 is 13.6 Å². The second-order valence-electron chi connectivity index (χ2n) is 3.36. The number of rotatable bonds is 1. The molecule has 1 fully saturated rings. The molecule has 3 nitrogen and oxygen atoms in total. The van der Waals surface area contributed by atoms with Gasteiger partial charge >= 0.3 is 6.03 Å². The van der Waals surface area contributed by atoms with Gasteiger partial charge in [0.25, 0.3) is 0 Å². The van der Waals surface area contributed by atoms with Crippen LogP contribution in [0, 0.1) is 11.6 Å². The minimum absolute atomic E-state index is 0.00306. The minimum atomic E-state index is -0.764. The molecular formula is C10H10F2N2OS. The molecule has 0 spiro atoms. The van der Waals surface area contributed by atoms with E-state index in [1.807, 2.05) is 0 Å². The molecular weight excluding hydrogens is 234 g/mol. The predicted octanol–water partition coefficient (Wildman–Crippen LogP) is 2.50. The Labute approximate surface area is 95.8 Å². The van der Waals surface area contributed by atoms with Gasteiger partial charge in [0.05, 0.1) is 11.6 Å². The van der Waals surface area contributed by atoms with Gasteiger partial charge in [0, 0.05) is 18.4 Å². The third-order valence-electron chi connectivity index (χ3n) is 2.21. The normalized spacial score (nSPS) is 15.2. The highest BCUT2D eigenvalue weighted by atomic mass is 32.2. The fourth-order valence-electron chi connectivity index (χ4n) is 1.36. The van der Waals surface area contributed by atoms with Gasteiger partial charge in [-0.05, 0) is 12.1 Å². The van der Waals surface area contributed by atoms with Crippen LogP contribution in [0.4, 0.5) is 19.3 Å². The Morgan fingerprint density at radius 3 is 2.88 bits per heavy atom. The molecule has 1 aliphatic rings. The summed E-state index contributed by atoms with van der Waals surface area (Å²) >= 11 is 1.64. The summed E-state index contributed by atoms with van der Waals surface area (Å²) in [5.41, 5.74) is 0.00306. The van der Waals surface area contributed by atoms with E-state index in [0.717, 1.165) is 17.9 Å². The maximum absolute atomic E-state index is 13.2. The molecule has 1 heterocycles. The summed E-state index contributed by atoms with van der Waals surface area (Å²) in [4.78, 5) is 13.2. The summed E-state index contributed by atoms with van der Waals surface area (Å²) in [6.07, 6.45) is 0. The molecule has 0 atom stereocenters. The second-order valence-corrected chi connectivity index (χ2v) is 4.43. The number of hydrogen-bond donors (Lipinski definition) is 1. The van der Waals surface area contributed by atoms with Crippen LogP contribution in [-0.2, 0) is 0 Å². The molecule has 2 rings (SSSR count). The van der Waals surface area contributed by atoms with Gasteiger partial charge in [-0.2, -0.15) is 0 Å². The van der Waals surface area contributed by atoms with Crippen molar-refractivity contribution in [2.45, 2.75) is 0 Å². The third kappa shape index (κ3) is 2.44. The Bertz CT molecular complexity index is 408. The van der Waals surface area contributed by atoms with Crippen molar-refractivity contribution in [1.29, 1.82) is 0 Å². The number of carbonyl (C=O) groups is 1. The highest BCUT2D eigenvalue weighted by Gasteiger charge is 2.19. The molecule has 1 saturated heterocycles. The van der Waals surface area contributed by atoms with Crippen LogP contribution in [0.25, 0.3) is 0 Å². The molecule has 1 aromatic rings. The summed E-state index contributed by atoms with van der Waals surface area (Å²) in [6, 6.07) is 2.72. The van der Waals surface area contributed by atoms with Crippen molar-refractivity contribution in [3.8, 4) is 0 Å². The van der Waals surface area contributed by atoms with Crippen LogP contribution in [0.2, 0.25) is 0 Å². The number of amides is 2. The third-order valence-corrected chi connectivity index (χ3v) is 3.18. The fraction of sp³-hybridized carbons (Fsp3) is 0.300. The van der Waals surface area contributed by atoms with Gasteiger partial charge in [-0.15, -0.1) is 11.8 Å². The second kappa shape index (κ2) is 4.69. The number of thioether (sulfide) groups is 1. The number of urea groups is 1. The lowest BCUT2D eigenvalue weighted by Crippen LogP contribution is -2.32. The minimum Gasteiger partial charge on any atom is -0.314 e. The molecule has 1 aliphatic heterocycles. The monoisotopic (exact) mass is 244 g/mol. The highest BCUT2D eigenvalue weighted by Crippen LogP contribution is 2.18. The van der Waals surface area contributed by atoms with E-state index in [4.69, 9.17) is 0 Å². The van der Waals surface area contributed by atoms with Crippen molar-refractivity contribution in [2.24, 2.45) is 0 Å². The average molecular weight is 244 g/mol. The number of carbonyl (C=O) groups excluding carboxylic acids is 1.